The molecular weight excluding hydrogens is 857 g/mol. The van der Waals surface area contributed by atoms with E-state index in [1.165, 1.54) is 149 Å². The van der Waals surface area contributed by atoms with Gasteiger partial charge in [-0.25, -0.2) is 0 Å². The summed E-state index contributed by atoms with van der Waals surface area (Å²) in [5.41, 5.74) is 10.0. The van der Waals surface area contributed by atoms with Crippen molar-refractivity contribution >= 4 is 128 Å². The molecule has 0 atom stereocenters. The fourth-order valence-electron chi connectivity index (χ4n) is 11.5. The van der Waals surface area contributed by atoms with E-state index in [-0.39, 0.29) is 0 Å². The Morgan fingerprint density at radius 3 is 1.22 bits per heavy atom. The van der Waals surface area contributed by atoms with E-state index < -0.39 is 0 Å². The molecule has 2 aromatic heterocycles. The Morgan fingerprint density at radius 1 is 0.191 bits per heavy atom. The van der Waals surface area contributed by atoms with Crippen molar-refractivity contribution in [3.63, 3.8) is 0 Å². The van der Waals surface area contributed by atoms with E-state index in [2.05, 4.69) is 231 Å². The summed E-state index contributed by atoms with van der Waals surface area (Å²) in [5, 5.41) is 20.9. The molecule has 0 aliphatic rings. The van der Waals surface area contributed by atoms with Gasteiger partial charge in [0.15, 0.2) is 0 Å². The minimum Gasteiger partial charge on any atom is -0.135 e. The third-order valence-corrected chi connectivity index (χ3v) is 17.0. The highest BCUT2D eigenvalue weighted by Gasteiger charge is 2.19. The molecule has 15 rings (SSSR count). The molecule has 2 heteroatoms. The van der Waals surface area contributed by atoms with E-state index in [4.69, 9.17) is 0 Å². The van der Waals surface area contributed by atoms with Gasteiger partial charge in [0.05, 0.1) is 0 Å². The molecule has 0 spiro atoms. The van der Waals surface area contributed by atoms with Gasteiger partial charge < -0.3 is 0 Å². The van der Waals surface area contributed by atoms with Gasteiger partial charge in [0.25, 0.3) is 0 Å². The lowest BCUT2D eigenvalue weighted by Gasteiger charge is -2.13. The third kappa shape index (κ3) is 5.59. The number of rotatable bonds is 4. The molecule has 0 unspecified atom stereocenters. The first kappa shape index (κ1) is 38.0. The summed E-state index contributed by atoms with van der Waals surface area (Å²) in [6, 6.07) is 86.3. The highest BCUT2D eigenvalue weighted by molar-refractivity contribution is 7.27. The van der Waals surface area contributed by atoms with Crippen molar-refractivity contribution in [1.82, 2.24) is 0 Å². The monoisotopic (exact) mass is 894 g/mol. The first-order valence-electron chi connectivity index (χ1n) is 23.4. The second-order valence-electron chi connectivity index (χ2n) is 18.2. The molecule has 0 saturated carbocycles. The van der Waals surface area contributed by atoms with Crippen molar-refractivity contribution < 1.29 is 0 Å². The van der Waals surface area contributed by atoms with Crippen LogP contribution >= 0.6 is 22.7 Å². The maximum atomic E-state index is 2.44. The summed E-state index contributed by atoms with van der Waals surface area (Å²) in [5.74, 6) is 0. The summed E-state index contributed by atoms with van der Waals surface area (Å²) in [6.07, 6.45) is 0. The highest BCUT2D eigenvalue weighted by Crippen LogP contribution is 2.48. The summed E-state index contributed by atoms with van der Waals surface area (Å²) in [7, 11) is 0. The fraction of sp³-hybridized carbons (Fsp3) is 0. The second kappa shape index (κ2) is 14.7. The van der Waals surface area contributed by atoms with Crippen molar-refractivity contribution in [2.24, 2.45) is 0 Å². The molecule has 68 heavy (non-hydrogen) atoms. The quantitative estimate of drug-likeness (QED) is 0.154. The van der Waals surface area contributed by atoms with E-state index in [0.29, 0.717) is 0 Å². The molecule has 0 fully saturated rings. The van der Waals surface area contributed by atoms with Crippen molar-refractivity contribution in [3.8, 4) is 44.5 Å². The first-order chi connectivity index (χ1) is 33.7. The lowest BCUT2D eigenvalue weighted by Crippen LogP contribution is -1.86. The molecule has 2 heterocycles. The van der Waals surface area contributed by atoms with Crippen molar-refractivity contribution in [2.75, 3.05) is 0 Å². The summed E-state index contributed by atoms with van der Waals surface area (Å²) < 4.78 is 5.28. The number of hydrogen-bond acceptors (Lipinski definition) is 2. The van der Waals surface area contributed by atoms with Crippen LogP contribution in [0, 0.1) is 0 Å². The zero-order valence-electron chi connectivity index (χ0n) is 36.8. The molecule has 0 radical (unpaired) electrons. The molecule has 0 N–H and O–H groups in total. The van der Waals surface area contributed by atoms with Crippen molar-refractivity contribution in [3.05, 3.63) is 231 Å². The van der Waals surface area contributed by atoms with Gasteiger partial charge in [0.2, 0.25) is 0 Å². The topological polar surface area (TPSA) is 0 Å². The molecule has 15 aromatic rings. The average Bonchev–Trinajstić information content (AvgIpc) is 3.99. The van der Waals surface area contributed by atoms with Gasteiger partial charge in [-0.05, 0) is 139 Å². The zero-order chi connectivity index (χ0) is 44.5. The predicted octanol–water partition coefficient (Wildman–Crippen LogP) is 20.0. The van der Waals surface area contributed by atoms with E-state index in [0.717, 1.165) is 0 Å². The Balaban J connectivity index is 0.855. The molecule has 0 aliphatic heterocycles. The number of hydrogen-bond donors (Lipinski definition) is 0. The molecule has 0 bridgehead atoms. The molecular formula is C66H38S2. The standard InChI is InChI=1S/C66H38S2/c1-3-19-51-47(15-1)49-17-5-7-21-53(49)60-36-40(27-30-55(51)60)39-13-11-14-41(35-39)45-24-12-25-58-57-32-29-43(38-63(57)68-65(45)58)44-33-34-46(66-64(44)59-23-9-10-26-62(59)67-66)42-28-31-56-52-20-4-2-16-48(52)50-18-6-8-22-54(50)61(56)37-42/h1-38H. The Hall–Kier alpha value is -8.14. The van der Waals surface area contributed by atoms with Crippen LogP contribution in [-0.4, -0.2) is 0 Å². The number of benzene rings is 13. The van der Waals surface area contributed by atoms with E-state index in [1.54, 1.807) is 0 Å². The summed E-state index contributed by atoms with van der Waals surface area (Å²) >= 11 is 3.83. The zero-order valence-corrected chi connectivity index (χ0v) is 38.4. The normalized spacial score (nSPS) is 12.1. The van der Waals surface area contributed by atoms with Crippen molar-refractivity contribution in [2.45, 2.75) is 0 Å². The molecule has 0 nitrogen and oxygen atoms in total. The largest absolute Gasteiger partial charge is 0.135 e. The highest BCUT2D eigenvalue weighted by atomic mass is 32.1. The molecule has 13 aromatic carbocycles. The molecule has 0 amide bonds. The Morgan fingerprint density at radius 2 is 0.588 bits per heavy atom. The smallest absolute Gasteiger partial charge is 0.0440 e. The lowest BCUT2D eigenvalue weighted by atomic mass is 9.90. The average molecular weight is 895 g/mol. The van der Waals surface area contributed by atoms with Crippen LogP contribution < -0.4 is 0 Å². The molecule has 0 saturated heterocycles. The van der Waals surface area contributed by atoms with Gasteiger partial charge in [-0.15, -0.1) is 22.7 Å². The number of fused-ring (bicyclic) bond motifs is 18. The van der Waals surface area contributed by atoms with Gasteiger partial charge in [-0.1, -0.05) is 200 Å². The maximum absolute atomic E-state index is 2.44. The van der Waals surface area contributed by atoms with Gasteiger partial charge >= 0.3 is 0 Å². The second-order valence-corrected chi connectivity index (χ2v) is 20.3. The van der Waals surface area contributed by atoms with Crippen LogP contribution in [0.5, 0.6) is 0 Å². The van der Waals surface area contributed by atoms with Crippen LogP contribution in [0.2, 0.25) is 0 Å². The third-order valence-electron chi connectivity index (χ3n) is 14.6. The summed E-state index contributed by atoms with van der Waals surface area (Å²) in [6.45, 7) is 0. The van der Waals surface area contributed by atoms with E-state index in [9.17, 15) is 0 Å². The lowest BCUT2D eigenvalue weighted by molar-refractivity contribution is 1.63. The van der Waals surface area contributed by atoms with Gasteiger partial charge in [0.1, 0.15) is 0 Å². The SMILES string of the molecule is c1cc(-c2ccc3c4ccccc4c4ccccc4c3c2)cc(-c2cccc3c2sc2cc(-c4ccc(-c5ccc6c7ccccc7c7ccccc7c6c5)c5sc6ccccc6c45)ccc23)c1. The van der Waals surface area contributed by atoms with E-state index in [1.807, 2.05) is 22.7 Å². The minimum atomic E-state index is 1.23. The summed E-state index contributed by atoms with van der Waals surface area (Å²) in [4.78, 5) is 0. The van der Waals surface area contributed by atoms with Crippen LogP contribution in [0.15, 0.2) is 231 Å². The van der Waals surface area contributed by atoms with E-state index >= 15 is 0 Å². The Kier molecular flexibility index (Phi) is 8.21. The van der Waals surface area contributed by atoms with Gasteiger partial charge in [0, 0.05) is 40.3 Å². The van der Waals surface area contributed by atoms with Crippen LogP contribution in [0.3, 0.4) is 0 Å². The predicted molar refractivity (Wildman–Crippen MR) is 299 cm³/mol. The maximum Gasteiger partial charge on any atom is 0.0440 e. The number of thiophene rings is 2. The fourth-order valence-corrected chi connectivity index (χ4v) is 14.1. The van der Waals surface area contributed by atoms with Crippen molar-refractivity contribution in [1.29, 1.82) is 0 Å². The van der Waals surface area contributed by atoms with Crippen LogP contribution in [0.25, 0.3) is 149 Å². The van der Waals surface area contributed by atoms with Gasteiger partial charge in [-0.2, -0.15) is 0 Å². The van der Waals surface area contributed by atoms with Crippen LogP contribution in [0.4, 0.5) is 0 Å². The first-order valence-corrected chi connectivity index (χ1v) is 25.0. The van der Waals surface area contributed by atoms with Crippen LogP contribution in [0.1, 0.15) is 0 Å². The minimum absolute atomic E-state index is 1.23. The van der Waals surface area contributed by atoms with Gasteiger partial charge in [-0.3, -0.25) is 0 Å². The Bertz CT molecular complexity index is 4550. The van der Waals surface area contributed by atoms with Crippen LogP contribution in [-0.2, 0) is 0 Å². The Labute approximate surface area is 400 Å². The molecule has 0 aliphatic carbocycles. The molecule has 314 valence electrons.